The molecule has 0 aromatic carbocycles. The van der Waals surface area contributed by atoms with E-state index in [-0.39, 0.29) is 11.7 Å². The molecule has 0 aromatic rings. The van der Waals surface area contributed by atoms with E-state index in [4.69, 9.17) is 9.29 Å². The Kier molecular flexibility index (Phi) is 11.8. The minimum atomic E-state index is -3.76. The molecule has 0 rings (SSSR count). The maximum atomic E-state index is 10.7. The van der Waals surface area contributed by atoms with Crippen LogP contribution in [0.4, 0.5) is 0 Å². The Morgan fingerprint density at radius 2 is 1.89 bits per heavy atom. The normalized spacial score (nSPS) is 10.6. The molecule has 0 amide bonds. The summed E-state index contributed by atoms with van der Waals surface area (Å²) in [5.74, 6) is -0.478. The highest BCUT2D eigenvalue weighted by Gasteiger charge is 2.03. The summed E-state index contributed by atoms with van der Waals surface area (Å²) in [5, 5.41) is 0. The summed E-state index contributed by atoms with van der Waals surface area (Å²) in [7, 11) is -0.278. The van der Waals surface area contributed by atoms with Gasteiger partial charge in [-0.2, -0.15) is 8.42 Å². The van der Waals surface area contributed by atoms with Gasteiger partial charge in [0, 0.05) is 12.1 Å². The van der Waals surface area contributed by atoms with E-state index in [2.05, 4.69) is 13.5 Å². The fourth-order valence-corrected chi connectivity index (χ4v) is 1.33. The highest BCUT2D eigenvalue weighted by molar-refractivity contribution is 7.85. The molecule has 0 unspecified atom stereocenters. The molecule has 0 aliphatic rings. The van der Waals surface area contributed by atoms with Crippen molar-refractivity contribution in [2.24, 2.45) is 0 Å². The van der Waals surface area contributed by atoms with Crippen LogP contribution in [0.3, 0.4) is 0 Å². The molecule has 0 radical (unpaired) electrons. The Balaban J connectivity index is 0. The van der Waals surface area contributed by atoms with Gasteiger partial charge in [0.05, 0.1) is 12.4 Å². The number of carbonyl (C=O) groups is 1. The Labute approximate surface area is 116 Å². The van der Waals surface area contributed by atoms with Crippen molar-refractivity contribution in [3.05, 3.63) is 12.2 Å². The van der Waals surface area contributed by atoms with Crippen LogP contribution in [0.25, 0.3) is 0 Å². The molecule has 0 aliphatic heterocycles. The monoisotopic (exact) mass is 295 g/mol. The largest absolute Gasteiger partial charge is 0.462 e. The lowest BCUT2D eigenvalue weighted by atomic mass is 10.3. The van der Waals surface area contributed by atoms with E-state index in [0.717, 1.165) is 12.8 Å². The van der Waals surface area contributed by atoms with E-state index >= 15 is 0 Å². The molecule has 0 bridgehead atoms. The molecule has 0 saturated carbocycles. The zero-order valence-electron chi connectivity index (χ0n) is 12.2. The highest BCUT2D eigenvalue weighted by atomic mass is 32.2. The topological polar surface area (TPSA) is 83.9 Å². The summed E-state index contributed by atoms with van der Waals surface area (Å²) in [6.07, 6.45) is 1.97. The molecule has 0 atom stereocenters. The van der Waals surface area contributed by atoms with Crippen molar-refractivity contribution in [2.75, 3.05) is 33.0 Å². The van der Waals surface area contributed by atoms with Crippen molar-refractivity contribution in [1.29, 1.82) is 0 Å². The first kappa shape index (κ1) is 20.4. The maximum absolute atomic E-state index is 10.7. The van der Waals surface area contributed by atoms with Crippen LogP contribution in [0.5, 0.6) is 0 Å². The molecule has 0 saturated heterocycles. The van der Waals surface area contributed by atoms with Gasteiger partial charge < -0.3 is 9.64 Å². The van der Waals surface area contributed by atoms with Crippen LogP contribution in [-0.4, -0.2) is 56.8 Å². The summed E-state index contributed by atoms with van der Waals surface area (Å²) in [5.41, 5.74) is 0.469. The third-order valence-corrected chi connectivity index (χ3v) is 2.57. The molecule has 114 valence electrons. The first-order chi connectivity index (χ1) is 8.60. The Bertz CT molecular complexity index is 362. The Hall–Kier alpha value is -0.920. The van der Waals surface area contributed by atoms with Gasteiger partial charge in [-0.3, -0.25) is 4.55 Å². The summed E-state index contributed by atoms with van der Waals surface area (Å²) < 4.78 is 33.1. The molecule has 0 aromatic heterocycles. The summed E-state index contributed by atoms with van der Waals surface area (Å²) in [6.45, 7) is 8.03. The fourth-order valence-electron chi connectivity index (χ4n) is 0.730. The van der Waals surface area contributed by atoms with Crippen molar-refractivity contribution in [3.8, 4) is 0 Å². The number of nitrogens with zero attached hydrogens (tertiary/aromatic N) is 1. The smallest absolute Gasteiger partial charge is 0.333 e. The number of esters is 1. The summed E-state index contributed by atoms with van der Waals surface area (Å²) in [4.78, 5) is 12.4. The van der Waals surface area contributed by atoms with E-state index in [1.165, 1.54) is 0 Å². The lowest BCUT2D eigenvalue weighted by Gasteiger charge is -2.05. The first-order valence-electron chi connectivity index (χ1n) is 6.02. The van der Waals surface area contributed by atoms with Gasteiger partial charge in [0.25, 0.3) is 10.1 Å². The second-order valence-electron chi connectivity index (χ2n) is 4.36. The molecule has 0 fully saturated rings. The lowest BCUT2D eigenvalue weighted by Crippen LogP contribution is -2.21. The SMILES string of the molecule is C=C(C)C(=O)OCCCC.CN(C)CCS(=O)(=O)O. The zero-order chi connectivity index (χ0) is 15.5. The van der Waals surface area contributed by atoms with Gasteiger partial charge in [0.2, 0.25) is 0 Å². The van der Waals surface area contributed by atoms with Crippen LogP contribution in [0.1, 0.15) is 26.7 Å². The first-order valence-corrected chi connectivity index (χ1v) is 7.63. The van der Waals surface area contributed by atoms with E-state index < -0.39 is 10.1 Å². The van der Waals surface area contributed by atoms with Crippen molar-refractivity contribution < 1.29 is 22.5 Å². The average molecular weight is 295 g/mol. The van der Waals surface area contributed by atoms with Crippen LogP contribution >= 0.6 is 0 Å². The molecule has 0 heterocycles. The molecule has 0 spiro atoms. The third kappa shape index (κ3) is 19.6. The Morgan fingerprint density at radius 1 is 1.37 bits per heavy atom. The zero-order valence-corrected chi connectivity index (χ0v) is 13.0. The summed E-state index contributed by atoms with van der Waals surface area (Å²) >= 11 is 0. The van der Waals surface area contributed by atoms with Gasteiger partial charge in [-0.25, -0.2) is 4.79 Å². The predicted molar refractivity (Wildman–Crippen MR) is 75.7 cm³/mol. The third-order valence-electron chi connectivity index (χ3n) is 1.88. The fraction of sp³-hybridized carbons (Fsp3) is 0.750. The van der Waals surface area contributed by atoms with Gasteiger partial charge in [0.15, 0.2) is 0 Å². The van der Waals surface area contributed by atoms with Crippen molar-refractivity contribution in [1.82, 2.24) is 4.90 Å². The number of carbonyl (C=O) groups excluding carboxylic acids is 1. The maximum Gasteiger partial charge on any atom is 0.333 e. The van der Waals surface area contributed by atoms with Crippen molar-refractivity contribution in [3.63, 3.8) is 0 Å². The molecular formula is C12H25NO5S. The number of ether oxygens (including phenoxy) is 1. The second kappa shape index (κ2) is 11.0. The molecule has 6 nitrogen and oxygen atoms in total. The van der Waals surface area contributed by atoms with Crippen LogP contribution in [-0.2, 0) is 19.6 Å². The van der Waals surface area contributed by atoms with Crippen LogP contribution in [0.2, 0.25) is 0 Å². The minimum Gasteiger partial charge on any atom is -0.462 e. The molecule has 0 aliphatic carbocycles. The van der Waals surface area contributed by atoms with E-state index in [1.807, 2.05) is 0 Å². The van der Waals surface area contributed by atoms with Gasteiger partial charge in [-0.05, 0) is 27.4 Å². The quantitative estimate of drug-likeness (QED) is 0.330. The molecule has 7 heteroatoms. The van der Waals surface area contributed by atoms with Crippen LogP contribution in [0, 0.1) is 0 Å². The average Bonchev–Trinajstić information content (AvgIpc) is 2.26. The number of hydrogen-bond acceptors (Lipinski definition) is 5. The summed E-state index contributed by atoms with van der Waals surface area (Å²) in [6, 6.07) is 0. The standard InChI is InChI=1S/C8H14O2.C4H11NO3S/c1-4-5-6-10-8(9)7(2)3;1-5(2)3-4-9(6,7)8/h2,4-6H2,1,3H3;3-4H2,1-2H3,(H,6,7,8). The van der Waals surface area contributed by atoms with E-state index in [0.29, 0.717) is 18.7 Å². The van der Waals surface area contributed by atoms with E-state index in [9.17, 15) is 13.2 Å². The minimum absolute atomic E-state index is 0.194. The number of unbranched alkanes of at least 4 members (excludes halogenated alkanes) is 1. The second-order valence-corrected chi connectivity index (χ2v) is 5.93. The predicted octanol–water partition coefficient (Wildman–Crippen LogP) is 1.34. The molecule has 1 N–H and O–H groups in total. The van der Waals surface area contributed by atoms with Gasteiger partial charge in [-0.1, -0.05) is 19.9 Å². The molecular weight excluding hydrogens is 270 g/mol. The number of rotatable bonds is 7. The van der Waals surface area contributed by atoms with Crippen molar-refractivity contribution >= 4 is 16.1 Å². The van der Waals surface area contributed by atoms with Gasteiger partial charge in [-0.15, -0.1) is 0 Å². The highest BCUT2D eigenvalue weighted by Crippen LogP contribution is 1.94. The Morgan fingerprint density at radius 3 is 2.16 bits per heavy atom. The van der Waals surface area contributed by atoms with E-state index in [1.54, 1.807) is 25.9 Å². The van der Waals surface area contributed by atoms with Gasteiger partial charge in [0.1, 0.15) is 0 Å². The van der Waals surface area contributed by atoms with Crippen molar-refractivity contribution in [2.45, 2.75) is 26.7 Å². The number of hydrogen-bond donors (Lipinski definition) is 1. The van der Waals surface area contributed by atoms with Crippen LogP contribution in [0.15, 0.2) is 12.2 Å². The lowest BCUT2D eigenvalue weighted by molar-refractivity contribution is -0.139. The molecule has 19 heavy (non-hydrogen) atoms. The van der Waals surface area contributed by atoms with Crippen LogP contribution < -0.4 is 0 Å². The van der Waals surface area contributed by atoms with Gasteiger partial charge >= 0.3 is 5.97 Å².